The second-order valence-electron chi connectivity index (χ2n) is 7.12. The number of hydrogen-bond donors (Lipinski definition) is 0. The van der Waals surface area contributed by atoms with Crippen molar-refractivity contribution in [1.82, 2.24) is 24.2 Å². The normalized spacial score (nSPS) is 26.7. The van der Waals surface area contributed by atoms with E-state index in [0.29, 0.717) is 12.0 Å². The SMILES string of the molecule is Cn1nccc1[C@@H]1OCCC[C@H]1CN1CCC(n2ccnc2)CC1. The lowest BCUT2D eigenvalue weighted by Crippen LogP contribution is -2.40. The Morgan fingerprint density at radius 3 is 2.79 bits per heavy atom. The van der Waals surface area contributed by atoms with E-state index in [1.807, 2.05) is 30.5 Å². The summed E-state index contributed by atoms with van der Waals surface area (Å²) in [5.74, 6) is 0.568. The lowest BCUT2D eigenvalue weighted by Gasteiger charge is -2.38. The first-order chi connectivity index (χ1) is 11.8. The Bertz CT molecular complexity index is 630. The van der Waals surface area contributed by atoms with Gasteiger partial charge in [-0.1, -0.05) is 0 Å². The Morgan fingerprint density at radius 1 is 1.21 bits per heavy atom. The maximum absolute atomic E-state index is 6.14. The third kappa shape index (κ3) is 3.26. The van der Waals surface area contributed by atoms with Crippen molar-refractivity contribution in [2.45, 2.75) is 37.8 Å². The Kier molecular flexibility index (Phi) is 4.67. The number of aromatic nitrogens is 4. The molecule has 0 bridgehead atoms. The lowest BCUT2D eigenvalue weighted by atomic mass is 9.90. The maximum atomic E-state index is 6.14. The van der Waals surface area contributed by atoms with E-state index in [2.05, 4.69) is 31.8 Å². The molecular formula is C18H27N5O. The van der Waals surface area contributed by atoms with E-state index in [0.717, 1.165) is 26.2 Å². The summed E-state index contributed by atoms with van der Waals surface area (Å²) in [4.78, 5) is 6.80. The minimum absolute atomic E-state index is 0.192. The van der Waals surface area contributed by atoms with Gasteiger partial charge in [-0.05, 0) is 31.7 Å². The van der Waals surface area contributed by atoms with Crippen molar-refractivity contribution in [2.75, 3.05) is 26.2 Å². The fraction of sp³-hybridized carbons (Fsp3) is 0.667. The predicted octanol–water partition coefficient (Wildman–Crippen LogP) is 2.42. The fourth-order valence-electron chi connectivity index (χ4n) is 4.24. The molecule has 0 aliphatic carbocycles. The fourth-order valence-corrected chi connectivity index (χ4v) is 4.24. The van der Waals surface area contributed by atoms with Gasteiger partial charge in [0.25, 0.3) is 0 Å². The first kappa shape index (κ1) is 15.8. The van der Waals surface area contributed by atoms with Crippen molar-refractivity contribution in [3.8, 4) is 0 Å². The molecule has 4 heterocycles. The number of ether oxygens (including phenoxy) is 1. The van der Waals surface area contributed by atoms with Crippen LogP contribution in [0.25, 0.3) is 0 Å². The topological polar surface area (TPSA) is 48.1 Å². The first-order valence-corrected chi connectivity index (χ1v) is 9.10. The first-order valence-electron chi connectivity index (χ1n) is 9.10. The van der Waals surface area contributed by atoms with Gasteiger partial charge in [-0.25, -0.2) is 4.98 Å². The summed E-state index contributed by atoms with van der Waals surface area (Å²) < 4.78 is 10.4. The van der Waals surface area contributed by atoms with Gasteiger partial charge in [-0.3, -0.25) is 4.68 Å². The third-order valence-electron chi connectivity index (χ3n) is 5.59. The van der Waals surface area contributed by atoms with Crippen LogP contribution in [-0.4, -0.2) is 50.5 Å². The number of aryl methyl sites for hydroxylation is 1. The van der Waals surface area contributed by atoms with E-state index < -0.39 is 0 Å². The average molecular weight is 329 g/mol. The van der Waals surface area contributed by atoms with Crippen molar-refractivity contribution in [1.29, 1.82) is 0 Å². The van der Waals surface area contributed by atoms with Gasteiger partial charge < -0.3 is 14.2 Å². The summed E-state index contributed by atoms with van der Waals surface area (Å²) in [7, 11) is 2.01. The average Bonchev–Trinajstić information content (AvgIpc) is 3.28. The van der Waals surface area contributed by atoms with Gasteiger partial charge in [0, 0.05) is 63.8 Å². The highest BCUT2D eigenvalue weighted by Crippen LogP contribution is 2.35. The molecule has 2 aliphatic heterocycles. The Morgan fingerprint density at radius 2 is 2.08 bits per heavy atom. The molecule has 2 saturated heterocycles. The smallest absolute Gasteiger partial charge is 0.103 e. The number of piperidine rings is 1. The monoisotopic (exact) mass is 329 g/mol. The summed E-state index contributed by atoms with van der Waals surface area (Å²) in [6.45, 7) is 4.33. The molecule has 6 heteroatoms. The highest BCUT2D eigenvalue weighted by atomic mass is 16.5. The van der Waals surface area contributed by atoms with Crippen LogP contribution in [0.5, 0.6) is 0 Å². The van der Waals surface area contributed by atoms with Crippen LogP contribution in [0.1, 0.15) is 43.5 Å². The van der Waals surface area contributed by atoms with Crippen LogP contribution in [-0.2, 0) is 11.8 Å². The molecule has 2 atom stereocenters. The zero-order chi connectivity index (χ0) is 16.4. The number of likely N-dealkylation sites (tertiary alicyclic amines) is 1. The maximum Gasteiger partial charge on any atom is 0.103 e. The highest BCUT2D eigenvalue weighted by Gasteiger charge is 2.32. The molecule has 2 aliphatic rings. The Labute approximate surface area is 143 Å². The number of hydrogen-bond acceptors (Lipinski definition) is 4. The quantitative estimate of drug-likeness (QED) is 0.864. The Hall–Kier alpha value is -1.66. The summed E-state index contributed by atoms with van der Waals surface area (Å²) in [6, 6.07) is 2.72. The molecule has 0 unspecified atom stereocenters. The van der Waals surface area contributed by atoms with E-state index in [1.54, 1.807) is 0 Å². The van der Waals surface area contributed by atoms with Crippen LogP contribution in [0, 0.1) is 5.92 Å². The van der Waals surface area contributed by atoms with Gasteiger partial charge >= 0.3 is 0 Å². The number of rotatable bonds is 4. The van der Waals surface area contributed by atoms with Gasteiger partial charge in [0.1, 0.15) is 6.10 Å². The zero-order valence-corrected chi connectivity index (χ0v) is 14.4. The molecule has 130 valence electrons. The van der Waals surface area contributed by atoms with Crippen molar-refractivity contribution >= 4 is 0 Å². The molecule has 2 fully saturated rings. The molecule has 0 radical (unpaired) electrons. The zero-order valence-electron chi connectivity index (χ0n) is 14.4. The lowest BCUT2D eigenvalue weighted by molar-refractivity contribution is -0.0454. The molecule has 6 nitrogen and oxygen atoms in total. The third-order valence-corrected chi connectivity index (χ3v) is 5.59. The molecule has 4 rings (SSSR count). The summed E-state index contributed by atoms with van der Waals surface area (Å²) in [6.07, 6.45) is 12.8. The van der Waals surface area contributed by atoms with Crippen molar-refractivity contribution in [3.63, 3.8) is 0 Å². The van der Waals surface area contributed by atoms with Crippen LogP contribution in [0.15, 0.2) is 31.0 Å². The molecule has 0 spiro atoms. The molecule has 0 saturated carbocycles. The molecule has 0 N–H and O–H groups in total. The van der Waals surface area contributed by atoms with E-state index >= 15 is 0 Å². The van der Waals surface area contributed by atoms with Gasteiger partial charge in [0.2, 0.25) is 0 Å². The van der Waals surface area contributed by atoms with Gasteiger partial charge in [0.15, 0.2) is 0 Å². The molecular weight excluding hydrogens is 302 g/mol. The molecule has 2 aromatic rings. The van der Waals surface area contributed by atoms with Crippen LogP contribution >= 0.6 is 0 Å². The van der Waals surface area contributed by atoms with Crippen LogP contribution in [0.4, 0.5) is 0 Å². The van der Waals surface area contributed by atoms with Crippen molar-refractivity contribution in [2.24, 2.45) is 13.0 Å². The van der Waals surface area contributed by atoms with Crippen LogP contribution in [0.2, 0.25) is 0 Å². The van der Waals surface area contributed by atoms with Crippen LogP contribution in [0.3, 0.4) is 0 Å². The van der Waals surface area contributed by atoms with Crippen molar-refractivity contribution < 1.29 is 4.74 Å². The van der Waals surface area contributed by atoms with Gasteiger partial charge in [-0.2, -0.15) is 5.10 Å². The molecule has 24 heavy (non-hydrogen) atoms. The van der Waals surface area contributed by atoms with Gasteiger partial charge in [-0.15, -0.1) is 0 Å². The van der Waals surface area contributed by atoms with E-state index in [1.165, 1.54) is 31.4 Å². The molecule has 2 aromatic heterocycles. The second-order valence-corrected chi connectivity index (χ2v) is 7.12. The standard InChI is InChI=1S/C18H27N5O/c1-21-17(4-7-20-21)18-15(3-2-12-24-18)13-22-9-5-16(6-10-22)23-11-8-19-14-23/h4,7-8,11,14-16,18H,2-3,5-6,9-10,12-13H2,1H3/t15-,18+/m0/s1. The van der Waals surface area contributed by atoms with Gasteiger partial charge in [0.05, 0.1) is 12.0 Å². The van der Waals surface area contributed by atoms with Crippen LogP contribution < -0.4 is 0 Å². The second kappa shape index (κ2) is 7.07. The predicted molar refractivity (Wildman–Crippen MR) is 91.6 cm³/mol. The van der Waals surface area contributed by atoms with Crippen molar-refractivity contribution in [3.05, 3.63) is 36.7 Å². The number of nitrogens with zero attached hydrogens (tertiary/aromatic N) is 5. The minimum Gasteiger partial charge on any atom is -0.372 e. The summed E-state index contributed by atoms with van der Waals surface area (Å²) >= 11 is 0. The summed E-state index contributed by atoms with van der Waals surface area (Å²) in [5.41, 5.74) is 1.22. The largest absolute Gasteiger partial charge is 0.372 e. The molecule has 0 amide bonds. The summed E-state index contributed by atoms with van der Waals surface area (Å²) in [5, 5.41) is 4.33. The molecule has 0 aromatic carbocycles. The van der Waals surface area contributed by atoms with E-state index in [4.69, 9.17) is 4.74 Å². The Balaban J connectivity index is 1.37. The number of imidazole rings is 1. The highest BCUT2D eigenvalue weighted by molar-refractivity contribution is 5.07. The van der Waals surface area contributed by atoms with E-state index in [9.17, 15) is 0 Å². The van der Waals surface area contributed by atoms with E-state index in [-0.39, 0.29) is 6.10 Å². The minimum atomic E-state index is 0.192.